The van der Waals surface area contributed by atoms with E-state index in [4.69, 9.17) is 0 Å². The van der Waals surface area contributed by atoms with E-state index < -0.39 is 0 Å². The molecule has 0 fully saturated rings. The van der Waals surface area contributed by atoms with Crippen LogP contribution in [-0.2, 0) is 20.1 Å². The maximum Gasteiger partial charge on any atom is 0.213 e. The van der Waals surface area contributed by atoms with E-state index in [2.05, 4.69) is 10.4 Å². The second-order valence-electron chi connectivity index (χ2n) is 4.29. The highest BCUT2D eigenvalue weighted by Crippen LogP contribution is 2.18. The summed E-state index contributed by atoms with van der Waals surface area (Å²) in [4.78, 5) is 12.2. The summed E-state index contributed by atoms with van der Waals surface area (Å²) in [7, 11) is 1.81. The van der Waals surface area contributed by atoms with Gasteiger partial charge in [-0.25, -0.2) is 0 Å². The van der Waals surface area contributed by atoms with Crippen LogP contribution in [0.3, 0.4) is 0 Å². The second-order valence-corrected chi connectivity index (χ2v) is 4.29. The molecule has 0 radical (unpaired) electrons. The van der Waals surface area contributed by atoms with Crippen LogP contribution in [0.1, 0.15) is 27.2 Å². The molecule has 0 saturated carbocycles. The second kappa shape index (κ2) is 3.82. The normalized spacial score (nSPS) is 13.7. The molecule has 0 unspecified atom stereocenters. The molecule has 0 saturated heterocycles. The molecule has 0 bridgehead atoms. The lowest BCUT2D eigenvalue weighted by atomic mass is 10.0. The Labute approximate surface area is 99.3 Å². The summed E-state index contributed by atoms with van der Waals surface area (Å²) in [5, 5.41) is 7.40. The summed E-state index contributed by atoms with van der Waals surface area (Å²) >= 11 is 0. The van der Waals surface area contributed by atoms with Crippen LogP contribution in [-0.4, -0.2) is 15.6 Å². The van der Waals surface area contributed by atoms with Crippen LogP contribution in [0.4, 0.5) is 0 Å². The average Bonchev–Trinajstić information content (AvgIpc) is 2.95. The van der Waals surface area contributed by atoms with Gasteiger partial charge in [0.25, 0.3) is 0 Å². The van der Waals surface area contributed by atoms with Gasteiger partial charge in [-0.3, -0.25) is 9.48 Å². The van der Waals surface area contributed by atoms with Gasteiger partial charge in [0.1, 0.15) is 5.69 Å². The van der Waals surface area contributed by atoms with Crippen LogP contribution in [0.5, 0.6) is 0 Å². The number of hydrogen-bond acceptors (Lipinski definition) is 3. The lowest BCUT2D eigenvalue weighted by molar-refractivity contribution is 0.103. The Bertz CT molecular complexity index is 586. The minimum atomic E-state index is -0.0136. The number of hydrogen-bond donors (Lipinski definition) is 1. The number of carbonyl (C=O) groups excluding carboxylic acids is 1. The molecule has 2 aromatic rings. The fourth-order valence-corrected chi connectivity index (χ4v) is 2.12. The van der Waals surface area contributed by atoms with Crippen molar-refractivity contribution in [3.63, 3.8) is 0 Å². The number of nitrogens with one attached hydrogen (secondary N) is 1. The van der Waals surface area contributed by atoms with E-state index in [1.54, 1.807) is 16.9 Å². The summed E-state index contributed by atoms with van der Waals surface area (Å²) in [5.74, 6) is -0.0136. The Balaban J connectivity index is 1.97. The van der Waals surface area contributed by atoms with Crippen molar-refractivity contribution in [3.05, 3.63) is 52.8 Å². The fourth-order valence-electron chi connectivity index (χ4n) is 2.12. The van der Waals surface area contributed by atoms with Gasteiger partial charge in [0.05, 0.1) is 0 Å². The van der Waals surface area contributed by atoms with Crippen LogP contribution in [0, 0.1) is 0 Å². The molecule has 1 aliphatic rings. The van der Waals surface area contributed by atoms with Crippen LogP contribution in [0.2, 0.25) is 0 Å². The third-order valence-electron chi connectivity index (χ3n) is 3.05. The monoisotopic (exact) mass is 227 g/mol. The first-order valence-electron chi connectivity index (χ1n) is 5.61. The molecule has 1 N–H and O–H groups in total. The number of carbonyl (C=O) groups is 1. The molecule has 1 aromatic carbocycles. The maximum absolute atomic E-state index is 12.2. The quantitative estimate of drug-likeness (QED) is 0.785. The highest BCUT2D eigenvalue weighted by Gasteiger charge is 2.16. The summed E-state index contributed by atoms with van der Waals surface area (Å²) < 4.78 is 1.64. The first-order chi connectivity index (χ1) is 8.24. The van der Waals surface area contributed by atoms with Crippen molar-refractivity contribution in [3.8, 4) is 0 Å². The number of nitrogens with zero attached hydrogens (tertiary/aromatic N) is 2. The van der Waals surface area contributed by atoms with Gasteiger partial charge in [-0.1, -0.05) is 12.1 Å². The largest absolute Gasteiger partial charge is 0.309 e. The van der Waals surface area contributed by atoms with Crippen molar-refractivity contribution < 1.29 is 4.79 Å². The molecular formula is C13H13N3O. The van der Waals surface area contributed by atoms with Gasteiger partial charge < -0.3 is 5.32 Å². The number of ketones is 1. The SMILES string of the molecule is Cn1ccc(C(=O)c2ccc3c(c2)CNC3)n1. The van der Waals surface area contributed by atoms with Crippen molar-refractivity contribution in [2.45, 2.75) is 13.1 Å². The van der Waals surface area contributed by atoms with Crippen molar-refractivity contribution >= 4 is 5.78 Å². The van der Waals surface area contributed by atoms with Crippen LogP contribution in [0.25, 0.3) is 0 Å². The molecule has 86 valence electrons. The van der Waals surface area contributed by atoms with Crippen LogP contribution < -0.4 is 5.32 Å². The molecule has 0 spiro atoms. The van der Waals surface area contributed by atoms with E-state index >= 15 is 0 Å². The zero-order chi connectivity index (χ0) is 11.8. The molecular weight excluding hydrogens is 214 g/mol. The van der Waals surface area contributed by atoms with Crippen molar-refractivity contribution in [1.82, 2.24) is 15.1 Å². The number of rotatable bonds is 2. The molecule has 4 heteroatoms. The first kappa shape index (κ1) is 10.2. The Morgan fingerprint density at radius 2 is 2.12 bits per heavy atom. The molecule has 3 rings (SSSR count). The van der Waals surface area contributed by atoms with Crippen molar-refractivity contribution in [1.29, 1.82) is 0 Å². The van der Waals surface area contributed by atoms with Crippen molar-refractivity contribution in [2.24, 2.45) is 7.05 Å². The lowest BCUT2D eigenvalue weighted by Crippen LogP contribution is -2.04. The van der Waals surface area contributed by atoms with Gasteiger partial charge in [0.2, 0.25) is 5.78 Å². The predicted molar refractivity (Wildman–Crippen MR) is 63.6 cm³/mol. The van der Waals surface area contributed by atoms with Crippen LogP contribution in [0.15, 0.2) is 30.5 Å². The van der Waals surface area contributed by atoms with E-state index in [9.17, 15) is 4.79 Å². The van der Waals surface area contributed by atoms with Crippen molar-refractivity contribution in [2.75, 3.05) is 0 Å². The number of fused-ring (bicyclic) bond motifs is 1. The fraction of sp³-hybridized carbons (Fsp3) is 0.231. The Kier molecular flexibility index (Phi) is 2.30. The molecule has 1 aromatic heterocycles. The van der Waals surface area contributed by atoms with E-state index in [0.717, 1.165) is 13.1 Å². The highest BCUT2D eigenvalue weighted by atomic mass is 16.1. The first-order valence-corrected chi connectivity index (χ1v) is 5.61. The Hall–Kier alpha value is -1.94. The minimum Gasteiger partial charge on any atom is -0.309 e. The smallest absolute Gasteiger partial charge is 0.213 e. The third kappa shape index (κ3) is 1.76. The zero-order valence-electron chi connectivity index (χ0n) is 9.60. The molecule has 2 heterocycles. The molecule has 1 aliphatic heterocycles. The Morgan fingerprint density at radius 1 is 1.29 bits per heavy atom. The molecule has 0 atom stereocenters. The third-order valence-corrected chi connectivity index (χ3v) is 3.05. The summed E-state index contributed by atoms with van der Waals surface area (Å²) in [6.07, 6.45) is 1.78. The standard InChI is InChI=1S/C13H13N3O/c1-16-5-4-12(15-16)13(17)9-2-3-10-7-14-8-11(10)6-9/h2-6,14H,7-8H2,1H3. The number of aromatic nitrogens is 2. The summed E-state index contributed by atoms with van der Waals surface area (Å²) in [6.45, 7) is 1.74. The molecule has 17 heavy (non-hydrogen) atoms. The molecule has 0 amide bonds. The zero-order valence-corrected chi connectivity index (χ0v) is 9.60. The van der Waals surface area contributed by atoms with Gasteiger partial charge in [0, 0.05) is 31.9 Å². The molecule has 4 nitrogen and oxygen atoms in total. The van der Waals surface area contributed by atoms with E-state index in [0.29, 0.717) is 11.3 Å². The van der Waals surface area contributed by atoms with E-state index in [1.807, 2.05) is 25.2 Å². The van der Waals surface area contributed by atoms with E-state index in [-0.39, 0.29) is 5.78 Å². The highest BCUT2D eigenvalue weighted by molar-refractivity contribution is 6.07. The van der Waals surface area contributed by atoms with Gasteiger partial charge >= 0.3 is 0 Å². The topological polar surface area (TPSA) is 46.9 Å². The van der Waals surface area contributed by atoms with E-state index in [1.165, 1.54) is 11.1 Å². The Morgan fingerprint density at radius 3 is 2.88 bits per heavy atom. The van der Waals surface area contributed by atoms with Gasteiger partial charge in [0.15, 0.2) is 0 Å². The summed E-state index contributed by atoms with van der Waals surface area (Å²) in [6, 6.07) is 7.61. The molecule has 0 aliphatic carbocycles. The minimum absolute atomic E-state index is 0.0136. The lowest BCUT2D eigenvalue weighted by Gasteiger charge is -2.01. The van der Waals surface area contributed by atoms with Gasteiger partial charge in [-0.2, -0.15) is 5.10 Å². The summed E-state index contributed by atoms with van der Waals surface area (Å²) in [5.41, 5.74) is 3.71. The van der Waals surface area contributed by atoms with Crippen LogP contribution >= 0.6 is 0 Å². The average molecular weight is 227 g/mol. The van der Waals surface area contributed by atoms with Gasteiger partial charge in [-0.05, 0) is 23.3 Å². The number of benzene rings is 1. The predicted octanol–water partition coefficient (Wildman–Crippen LogP) is 1.25. The maximum atomic E-state index is 12.2. The number of aryl methyl sites for hydroxylation is 1. The van der Waals surface area contributed by atoms with Gasteiger partial charge in [-0.15, -0.1) is 0 Å².